The van der Waals surface area contributed by atoms with Crippen LogP contribution < -0.4 is 5.32 Å². The van der Waals surface area contributed by atoms with Crippen molar-refractivity contribution in [3.05, 3.63) is 35.6 Å². The minimum absolute atomic E-state index is 0.0632. The van der Waals surface area contributed by atoms with E-state index < -0.39 is 0 Å². The molecule has 1 aliphatic rings. The summed E-state index contributed by atoms with van der Waals surface area (Å²) in [5.74, 6) is 0.714. The van der Waals surface area contributed by atoms with E-state index in [4.69, 9.17) is 0 Å². The molecule has 1 atom stereocenters. The number of nitrogens with zero attached hydrogens (tertiary/aromatic N) is 1. The fourth-order valence-corrected chi connectivity index (χ4v) is 3.18. The number of rotatable bonds is 5. The third-order valence-electron chi connectivity index (χ3n) is 4.23. The van der Waals surface area contributed by atoms with Crippen LogP contribution in [0.3, 0.4) is 0 Å². The van der Waals surface area contributed by atoms with Gasteiger partial charge in [-0.3, -0.25) is 4.90 Å². The Morgan fingerprint density at radius 1 is 1.32 bits per heavy atom. The minimum Gasteiger partial charge on any atom is -0.319 e. The Kier molecular flexibility index (Phi) is 5.34. The molecule has 1 aliphatic heterocycles. The zero-order chi connectivity index (χ0) is 13.7. The number of halogens is 1. The smallest absolute Gasteiger partial charge is 0.127 e. The van der Waals surface area contributed by atoms with Gasteiger partial charge in [0.1, 0.15) is 5.82 Å². The van der Waals surface area contributed by atoms with E-state index >= 15 is 0 Å². The van der Waals surface area contributed by atoms with Gasteiger partial charge in [0.05, 0.1) is 0 Å². The minimum atomic E-state index is -0.0632. The predicted molar refractivity (Wildman–Crippen MR) is 77.7 cm³/mol. The zero-order valence-electron chi connectivity index (χ0n) is 12.0. The van der Waals surface area contributed by atoms with Crippen molar-refractivity contribution < 1.29 is 4.39 Å². The Hall–Kier alpha value is -0.930. The van der Waals surface area contributed by atoms with Crippen molar-refractivity contribution in [2.75, 3.05) is 26.7 Å². The highest BCUT2D eigenvalue weighted by molar-refractivity contribution is 5.21. The molecule has 2 nitrogen and oxygen atoms in total. The molecule has 0 spiro atoms. The summed E-state index contributed by atoms with van der Waals surface area (Å²) in [5.41, 5.74) is 0.858. The first kappa shape index (κ1) is 14.5. The molecule has 0 bridgehead atoms. The van der Waals surface area contributed by atoms with Gasteiger partial charge in [0.15, 0.2) is 0 Å². The van der Waals surface area contributed by atoms with E-state index in [0.29, 0.717) is 0 Å². The molecule has 1 N–H and O–H groups in total. The monoisotopic (exact) mass is 264 g/mol. The third-order valence-corrected chi connectivity index (χ3v) is 4.23. The molecule has 1 aromatic rings. The van der Waals surface area contributed by atoms with Gasteiger partial charge >= 0.3 is 0 Å². The summed E-state index contributed by atoms with van der Waals surface area (Å²) in [6, 6.07) is 7.45. The second-order valence-electron chi connectivity index (χ2n) is 5.48. The van der Waals surface area contributed by atoms with Gasteiger partial charge < -0.3 is 5.32 Å². The molecule has 0 aromatic heterocycles. The van der Waals surface area contributed by atoms with E-state index in [1.54, 1.807) is 12.1 Å². The lowest BCUT2D eigenvalue weighted by molar-refractivity contribution is 0.126. The summed E-state index contributed by atoms with van der Waals surface area (Å²) < 4.78 is 13.9. The molecular weight excluding hydrogens is 239 g/mol. The zero-order valence-corrected chi connectivity index (χ0v) is 12.0. The van der Waals surface area contributed by atoms with Crippen LogP contribution in [0.2, 0.25) is 0 Å². The summed E-state index contributed by atoms with van der Waals surface area (Å²) in [6.45, 7) is 5.42. The number of benzene rings is 1. The Morgan fingerprint density at radius 2 is 2.00 bits per heavy atom. The number of nitrogens with one attached hydrogen (secondary N) is 1. The van der Waals surface area contributed by atoms with Crippen LogP contribution in [0.1, 0.15) is 37.8 Å². The molecular formula is C16H25FN2. The van der Waals surface area contributed by atoms with Crippen LogP contribution in [-0.2, 0) is 0 Å². The van der Waals surface area contributed by atoms with Crippen LogP contribution in [0, 0.1) is 11.7 Å². The molecule has 1 fully saturated rings. The first-order valence-electron chi connectivity index (χ1n) is 7.39. The Bertz CT molecular complexity index is 386. The van der Waals surface area contributed by atoms with Crippen LogP contribution in [0.5, 0.6) is 0 Å². The molecule has 106 valence electrons. The van der Waals surface area contributed by atoms with Crippen molar-refractivity contribution in [2.45, 2.75) is 32.2 Å². The van der Waals surface area contributed by atoms with Crippen molar-refractivity contribution in [1.82, 2.24) is 10.2 Å². The number of hydrogen-bond donors (Lipinski definition) is 1. The summed E-state index contributed by atoms with van der Waals surface area (Å²) in [7, 11) is 2.01. The highest BCUT2D eigenvalue weighted by Crippen LogP contribution is 2.30. The highest BCUT2D eigenvalue weighted by Gasteiger charge is 2.26. The Labute approximate surface area is 116 Å². The van der Waals surface area contributed by atoms with Gasteiger partial charge in [-0.05, 0) is 57.9 Å². The number of piperidine rings is 1. The van der Waals surface area contributed by atoms with Crippen molar-refractivity contribution in [3.8, 4) is 0 Å². The van der Waals surface area contributed by atoms with Crippen LogP contribution in [0.4, 0.5) is 4.39 Å². The molecule has 1 saturated heterocycles. The Balaban J connectivity index is 2.02. The van der Waals surface area contributed by atoms with E-state index in [1.165, 1.54) is 12.8 Å². The summed E-state index contributed by atoms with van der Waals surface area (Å²) in [6.07, 6.45) is 3.40. The third kappa shape index (κ3) is 3.54. The summed E-state index contributed by atoms with van der Waals surface area (Å²) >= 11 is 0. The topological polar surface area (TPSA) is 15.3 Å². The number of likely N-dealkylation sites (tertiary alicyclic amines) is 1. The van der Waals surface area contributed by atoms with E-state index in [2.05, 4.69) is 17.1 Å². The normalized spacial score (nSPS) is 19.5. The summed E-state index contributed by atoms with van der Waals surface area (Å²) in [4.78, 5) is 2.45. The molecule has 19 heavy (non-hydrogen) atoms. The van der Waals surface area contributed by atoms with Crippen LogP contribution in [0.25, 0.3) is 0 Å². The second-order valence-corrected chi connectivity index (χ2v) is 5.48. The van der Waals surface area contributed by atoms with E-state index in [0.717, 1.165) is 37.5 Å². The van der Waals surface area contributed by atoms with E-state index in [9.17, 15) is 4.39 Å². The van der Waals surface area contributed by atoms with Gasteiger partial charge in [0.2, 0.25) is 0 Å². The van der Waals surface area contributed by atoms with Gasteiger partial charge in [-0.2, -0.15) is 0 Å². The van der Waals surface area contributed by atoms with Gasteiger partial charge in [-0.15, -0.1) is 0 Å². The largest absolute Gasteiger partial charge is 0.319 e. The lowest BCUT2D eigenvalue weighted by Crippen LogP contribution is -2.39. The maximum atomic E-state index is 13.9. The average Bonchev–Trinajstić information content (AvgIpc) is 2.44. The quantitative estimate of drug-likeness (QED) is 0.878. The maximum Gasteiger partial charge on any atom is 0.127 e. The molecule has 2 rings (SSSR count). The summed E-state index contributed by atoms with van der Waals surface area (Å²) in [5, 5.41) is 3.26. The van der Waals surface area contributed by atoms with Gasteiger partial charge in [0.25, 0.3) is 0 Å². The first-order valence-corrected chi connectivity index (χ1v) is 7.39. The van der Waals surface area contributed by atoms with E-state index in [-0.39, 0.29) is 11.9 Å². The van der Waals surface area contributed by atoms with Gasteiger partial charge in [-0.25, -0.2) is 4.39 Å². The van der Waals surface area contributed by atoms with Crippen molar-refractivity contribution in [1.29, 1.82) is 0 Å². The molecule has 0 aliphatic carbocycles. The molecule has 0 radical (unpaired) electrons. The van der Waals surface area contributed by atoms with Crippen LogP contribution in [-0.4, -0.2) is 31.6 Å². The van der Waals surface area contributed by atoms with E-state index in [1.807, 2.05) is 19.2 Å². The number of hydrogen-bond acceptors (Lipinski definition) is 2. The molecule has 0 amide bonds. The van der Waals surface area contributed by atoms with Crippen molar-refractivity contribution in [3.63, 3.8) is 0 Å². The van der Waals surface area contributed by atoms with Gasteiger partial charge in [0, 0.05) is 11.6 Å². The molecule has 1 aromatic carbocycles. The maximum absolute atomic E-state index is 13.9. The predicted octanol–water partition coefficient (Wildman–Crippen LogP) is 3.21. The van der Waals surface area contributed by atoms with Crippen LogP contribution >= 0.6 is 0 Å². The molecule has 0 saturated carbocycles. The molecule has 1 heterocycles. The molecule has 1 unspecified atom stereocenters. The fraction of sp³-hybridized carbons (Fsp3) is 0.625. The van der Waals surface area contributed by atoms with Gasteiger partial charge in [-0.1, -0.05) is 25.1 Å². The second kappa shape index (κ2) is 7.01. The first-order chi connectivity index (χ1) is 9.26. The lowest BCUT2D eigenvalue weighted by atomic mass is 9.93. The lowest BCUT2D eigenvalue weighted by Gasteiger charge is -2.37. The van der Waals surface area contributed by atoms with Crippen molar-refractivity contribution >= 4 is 0 Å². The standard InChI is InChI=1S/C16H25FN2/c1-3-16(14-6-4-5-7-15(14)17)19-10-8-13(9-11-19)12-18-2/h4-7,13,16,18H,3,8-12H2,1-2H3. The molecule has 3 heteroatoms. The SMILES string of the molecule is CCC(c1ccccc1F)N1CCC(CNC)CC1. The Morgan fingerprint density at radius 3 is 2.58 bits per heavy atom. The average molecular weight is 264 g/mol. The fourth-order valence-electron chi connectivity index (χ4n) is 3.18. The highest BCUT2D eigenvalue weighted by atomic mass is 19.1. The van der Waals surface area contributed by atoms with Crippen molar-refractivity contribution in [2.24, 2.45) is 5.92 Å². The van der Waals surface area contributed by atoms with Crippen LogP contribution in [0.15, 0.2) is 24.3 Å².